The average Bonchev–Trinajstić information content (AvgIpc) is 3.02. The molecular weight excluding hydrogens is 280 g/mol. The van der Waals surface area contributed by atoms with E-state index in [-0.39, 0.29) is 6.04 Å². The number of benzene rings is 1. The first-order valence-electron chi connectivity index (χ1n) is 7.21. The molecule has 1 N–H and O–H groups in total. The van der Waals surface area contributed by atoms with Crippen molar-refractivity contribution in [3.63, 3.8) is 0 Å². The first-order valence-corrected chi connectivity index (χ1v) is 8.02. The maximum absolute atomic E-state index is 4.67. The topological polar surface area (TPSA) is 50.7 Å². The Kier molecular flexibility index (Phi) is 4.22. The highest BCUT2D eigenvalue weighted by Gasteiger charge is 2.13. The molecular formula is C16H18N4S. The molecule has 0 aliphatic carbocycles. The maximum Gasteiger partial charge on any atom is 0.166 e. The summed E-state index contributed by atoms with van der Waals surface area (Å²) in [6.07, 6.45) is 1.11. The highest BCUT2D eigenvalue weighted by molar-refractivity contribution is 7.14. The van der Waals surface area contributed by atoms with Gasteiger partial charge in [0.05, 0.1) is 11.6 Å². The summed E-state index contributed by atoms with van der Waals surface area (Å²) in [7, 11) is 0. The monoisotopic (exact) mass is 298 g/mol. The predicted molar refractivity (Wildman–Crippen MR) is 87.4 cm³/mol. The highest BCUT2D eigenvalue weighted by atomic mass is 32.1. The van der Waals surface area contributed by atoms with E-state index in [1.54, 1.807) is 11.3 Å². The molecule has 108 valence electrons. The zero-order chi connectivity index (χ0) is 14.7. The number of para-hydroxylation sites is 1. The molecule has 1 unspecified atom stereocenters. The zero-order valence-electron chi connectivity index (χ0n) is 12.2. The minimum atomic E-state index is 0.233. The van der Waals surface area contributed by atoms with Gasteiger partial charge in [0.2, 0.25) is 0 Å². The van der Waals surface area contributed by atoms with Crippen LogP contribution in [0.25, 0.3) is 21.6 Å². The molecule has 0 fully saturated rings. The van der Waals surface area contributed by atoms with E-state index in [0.717, 1.165) is 39.6 Å². The van der Waals surface area contributed by atoms with Crippen molar-refractivity contribution in [2.75, 3.05) is 6.54 Å². The normalized spacial score (nSPS) is 12.7. The minimum Gasteiger partial charge on any atom is -0.308 e. The number of hydrogen-bond acceptors (Lipinski definition) is 5. The van der Waals surface area contributed by atoms with Crippen molar-refractivity contribution in [1.29, 1.82) is 0 Å². The number of aromatic nitrogens is 3. The molecule has 0 radical (unpaired) electrons. The predicted octanol–water partition coefficient (Wildman–Crippen LogP) is 3.81. The summed E-state index contributed by atoms with van der Waals surface area (Å²) >= 11 is 1.61. The van der Waals surface area contributed by atoms with Crippen molar-refractivity contribution in [3.05, 3.63) is 41.4 Å². The van der Waals surface area contributed by atoms with Gasteiger partial charge in [-0.2, -0.15) is 0 Å². The summed E-state index contributed by atoms with van der Waals surface area (Å²) in [5.74, 6) is 0. The number of pyridine rings is 1. The average molecular weight is 298 g/mol. The second-order valence-electron chi connectivity index (χ2n) is 5.01. The molecule has 0 amide bonds. The fraction of sp³-hybridized carbons (Fsp3) is 0.312. The molecule has 1 atom stereocenters. The van der Waals surface area contributed by atoms with Gasteiger partial charge in [-0.15, -0.1) is 10.2 Å². The fourth-order valence-electron chi connectivity index (χ4n) is 2.15. The summed E-state index contributed by atoms with van der Waals surface area (Å²) in [6, 6.07) is 12.4. The van der Waals surface area contributed by atoms with Gasteiger partial charge in [0, 0.05) is 5.39 Å². The summed E-state index contributed by atoms with van der Waals surface area (Å²) < 4.78 is 0. The van der Waals surface area contributed by atoms with Gasteiger partial charge in [0.15, 0.2) is 5.01 Å². The largest absolute Gasteiger partial charge is 0.308 e. The van der Waals surface area contributed by atoms with Crippen LogP contribution in [-0.2, 0) is 0 Å². The van der Waals surface area contributed by atoms with Crippen molar-refractivity contribution in [2.45, 2.75) is 26.3 Å². The van der Waals surface area contributed by atoms with Gasteiger partial charge in [0.1, 0.15) is 10.7 Å². The summed E-state index contributed by atoms with van der Waals surface area (Å²) in [4.78, 5) is 4.67. The first-order chi connectivity index (χ1) is 10.3. The van der Waals surface area contributed by atoms with Crippen molar-refractivity contribution in [1.82, 2.24) is 20.5 Å². The SMILES string of the molecule is CCCNC(C)c1nnc(-c2ccc3ccccc3n2)s1. The molecule has 3 aromatic rings. The van der Waals surface area contributed by atoms with E-state index in [0.29, 0.717) is 0 Å². The lowest BCUT2D eigenvalue weighted by Crippen LogP contribution is -2.18. The quantitative estimate of drug-likeness (QED) is 0.778. The second-order valence-corrected chi connectivity index (χ2v) is 6.02. The molecule has 0 saturated carbocycles. The third kappa shape index (κ3) is 3.09. The molecule has 0 bridgehead atoms. The smallest absolute Gasteiger partial charge is 0.166 e. The molecule has 2 heterocycles. The van der Waals surface area contributed by atoms with Gasteiger partial charge >= 0.3 is 0 Å². The van der Waals surface area contributed by atoms with E-state index >= 15 is 0 Å². The van der Waals surface area contributed by atoms with Crippen LogP contribution in [0.4, 0.5) is 0 Å². The van der Waals surface area contributed by atoms with Crippen molar-refractivity contribution in [3.8, 4) is 10.7 Å². The number of fused-ring (bicyclic) bond motifs is 1. The molecule has 4 nitrogen and oxygen atoms in total. The van der Waals surface area contributed by atoms with Crippen molar-refractivity contribution < 1.29 is 0 Å². The van der Waals surface area contributed by atoms with Crippen LogP contribution in [0.1, 0.15) is 31.3 Å². The third-order valence-electron chi connectivity index (χ3n) is 3.33. The van der Waals surface area contributed by atoms with E-state index in [2.05, 4.69) is 46.5 Å². The summed E-state index contributed by atoms with van der Waals surface area (Å²) in [6.45, 7) is 5.27. The Bertz CT molecular complexity index is 738. The third-order valence-corrected chi connectivity index (χ3v) is 4.46. The van der Waals surface area contributed by atoms with Crippen LogP contribution in [-0.4, -0.2) is 21.7 Å². The molecule has 3 rings (SSSR count). The summed E-state index contributed by atoms with van der Waals surface area (Å²) in [5, 5.41) is 15.0. The Hall–Kier alpha value is -1.85. The number of nitrogens with one attached hydrogen (secondary N) is 1. The molecule has 5 heteroatoms. The lowest BCUT2D eigenvalue weighted by Gasteiger charge is -2.08. The Balaban J connectivity index is 1.87. The van der Waals surface area contributed by atoms with E-state index in [9.17, 15) is 0 Å². The van der Waals surface area contributed by atoms with Gasteiger partial charge < -0.3 is 5.32 Å². The molecule has 0 aliphatic rings. The molecule has 0 aliphatic heterocycles. The Morgan fingerprint density at radius 1 is 1.14 bits per heavy atom. The van der Waals surface area contributed by atoms with Crippen LogP contribution in [0.3, 0.4) is 0 Å². The van der Waals surface area contributed by atoms with Gasteiger partial charge in [-0.3, -0.25) is 0 Å². The molecule has 2 aromatic heterocycles. The van der Waals surface area contributed by atoms with Crippen LogP contribution >= 0.6 is 11.3 Å². The van der Waals surface area contributed by atoms with Crippen LogP contribution in [0.2, 0.25) is 0 Å². The highest BCUT2D eigenvalue weighted by Crippen LogP contribution is 2.26. The Labute approximate surface area is 128 Å². The van der Waals surface area contributed by atoms with Crippen molar-refractivity contribution in [2.24, 2.45) is 0 Å². The second kappa shape index (κ2) is 6.28. The van der Waals surface area contributed by atoms with E-state index < -0.39 is 0 Å². The van der Waals surface area contributed by atoms with Gasteiger partial charge in [-0.1, -0.05) is 42.5 Å². The fourth-order valence-corrected chi connectivity index (χ4v) is 2.99. The summed E-state index contributed by atoms with van der Waals surface area (Å²) in [5.41, 5.74) is 1.88. The minimum absolute atomic E-state index is 0.233. The van der Waals surface area contributed by atoms with Crippen LogP contribution < -0.4 is 5.32 Å². The maximum atomic E-state index is 4.67. The zero-order valence-corrected chi connectivity index (χ0v) is 13.0. The molecule has 0 saturated heterocycles. The van der Waals surface area contributed by atoms with Gasteiger partial charge in [-0.05, 0) is 32.0 Å². The van der Waals surface area contributed by atoms with Crippen LogP contribution in [0.5, 0.6) is 0 Å². The van der Waals surface area contributed by atoms with E-state index in [4.69, 9.17) is 0 Å². The molecule has 0 spiro atoms. The van der Waals surface area contributed by atoms with E-state index in [1.165, 1.54) is 0 Å². The van der Waals surface area contributed by atoms with Crippen LogP contribution in [0.15, 0.2) is 36.4 Å². The number of rotatable bonds is 5. The number of nitrogens with zero attached hydrogens (tertiary/aromatic N) is 3. The first kappa shape index (κ1) is 14.1. The van der Waals surface area contributed by atoms with Crippen molar-refractivity contribution >= 4 is 22.2 Å². The van der Waals surface area contributed by atoms with Gasteiger partial charge in [0.25, 0.3) is 0 Å². The van der Waals surface area contributed by atoms with Crippen LogP contribution in [0, 0.1) is 0 Å². The lowest BCUT2D eigenvalue weighted by atomic mass is 10.2. The van der Waals surface area contributed by atoms with Gasteiger partial charge in [-0.25, -0.2) is 4.98 Å². The molecule has 1 aromatic carbocycles. The number of hydrogen-bond donors (Lipinski definition) is 1. The standard InChI is InChI=1S/C16H18N4S/c1-3-10-17-11(2)15-19-20-16(21-15)14-9-8-12-6-4-5-7-13(12)18-14/h4-9,11,17H,3,10H2,1-2H3. The molecule has 21 heavy (non-hydrogen) atoms. The Morgan fingerprint density at radius 2 is 2.00 bits per heavy atom. The van der Waals surface area contributed by atoms with E-state index in [1.807, 2.05) is 24.3 Å². The lowest BCUT2D eigenvalue weighted by molar-refractivity contribution is 0.564. The Morgan fingerprint density at radius 3 is 2.86 bits per heavy atom.